The van der Waals surface area contributed by atoms with E-state index in [-0.39, 0.29) is 11.7 Å². The van der Waals surface area contributed by atoms with Crippen molar-refractivity contribution < 1.29 is 13.9 Å². The maximum Gasteiger partial charge on any atom is 0.173 e. The van der Waals surface area contributed by atoms with Crippen molar-refractivity contribution >= 4 is 0 Å². The Morgan fingerprint density at radius 2 is 1.50 bits per heavy atom. The molecule has 0 aliphatic carbocycles. The summed E-state index contributed by atoms with van der Waals surface area (Å²) in [4.78, 5) is 0. The Morgan fingerprint density at radius 3 is 2.07 bits per heavy atom. The van der Waals surface area contributed by atoms with Crippen molar-refractivity contribution in [2.45, 2.75) is 18.8 Å². The highest BCUT2D eigenvalue weighted by Gasteiger charge is 2.27. The van der Waals surface area contributed by atoms with Crippen molar-refractivity contribution in [1.29, 1.82) is 0 Å². The lowest BCUT2D eigenvalue weighted by atomic mass is 9.94. The quantitative estimate of drug-likeness (QED) is 0.721. The second-order valence-corrected chi connectivity index (χ2v) is 6.91. The fraction of sp³-hybridized carbons (Fsp3) is 0.318. The first-order chi connectivity index (χ1) is 13.7. The molecule has 1 fully saturated rings. The molecule has 0 amide bonds. The van der Waals surface area contributed by atoms with Gasteiger partial charge in [-0.1, -0.05) is 0 Å². The third-order valence-electron chi connectivity index (χ3n) is 5.26. The zero-order chi connectivity index (χ0) is 19.5. The van der Waals surface area contributed by atoms with Crippen LogP contribution in [0.1, 0.15) is 24.5 Å². The van der Waals surface area contributed by atoms with Gasteiger partial charge in [-0.3, -0.25) is 0 Å². The molecule has 146 valence electrons. The van der Waals surface area contributed by atoms with Crippen LogP contribution in [-0.2, 0) is 0 Å². The topological polar surface area (TPSA) is 48.3 Å². The third-order valence-corrected chi connectivity index (χ3v) is 5.26. The van der Waals surface area contributed by atoms with Crippen LogP contribution in [0.4, 0.5) is 4.39 Å². The Morgan fingerprint density at radius 1 is 0.929 bits per heavy atom. The number of nitrogens with zero attached hydrogens (tertiary/aromatic N) is 2. The summed E-state index contributed by atoms with van der Waals surface area (Å²) in [7, 11) is 3.24. The molecule has 4 rings (SSSR count). The van der Waals surface area contributed by atoms with Crippen LogP contribution in [0.5, 0.6) is 11.5 Å². The van der Waals surface area contributed by atoms with E-state index >= 15 is 4.39 Å². The van der Waals surface area contributed by atoms with Crippen LogP contribution in [0.15, 0.2) is 48.5 Å². The second-order valence-electron chi connectivity index (χ2n) is 6.91. The maximum atomic E-state index is 15.6. The average Bonchev–Trinajstić information content (AvgIpc) is 3.11. The van der Waals surface area contributed by atoms with Gasteiger partial charge < -0.3 is 14.8 Å². The van der Waals surface area contributed by atoms with E-state index in [9.17, 15) is 0 Å². The molecule has 0 bridgehead atoms. The van der Waals surface area contributed by atoms with E-state index < -0.39 is 0 Å². The average molecular weight is 381 g/mol. The largest absolute Gasteiger partial charge is 0.497 e. The molecule has 3 aromatic rings. The predicted octanol–water partition coefficient (Wildman–Crippen LogP) is 4.16. The van der Waals surface area contributed by atoms with Gasteiger partial charge in [0.2, 0.25) is 0 Å². The molecule has 0 unspecified atom stereocenters. The lowest BCUT2D eigenvalue weighted by Crippen LogP contribution is -2.27. The van der Waals surface area contributed by atoms with Crippen LogP contribution in [0.3, 0.4) is 0 Å². The summed E-state index contributed by atoms with van der Waals surface area (Å²) in [5.41, 5.74) is 2.58. The van der Waals surface area contributed by atoms with Crippen molar-refractivity contribution in [2.24, 2.45) is 0 Å². The number of halogens is 1. The van der Waals surface area contributed by atoms with Crippen molar-refractivity contribution in [3.63, 3.8) is 0 Å². The smallest absolute Gasteiger partial charge is 0.173 e. The minimum absolute atomic E-state index is 0.123. The predicted molar refractivity (Wildman–Crippen MR) is 107 cm³/mol. The van der Waals surface area contributed by atoms with E-state index in [1.807, 2.05) is 48.5 Å². The Kier molecular flexibility index (Phi) is 5.30. The molecule has 28 heavy (non-hydrogen) atoms. The number of hydrogen-bond acceptors (Lipinski definition) is 4. The molecule has 1 aromatic heterocycles. The second kappa shape index (κ2) is 8.02. The molecule has 2 heterocycles. The van der Waals surface area contributed by atoms with E-state index in [0.717, 1.165) is 48.7 Å². The number of piperidine rings is 1. The molecule has 1 aliphatic rings. The number of ether oxygens (including phenoxy) is 2. The Balaban J connectivity index is 1.83. The number of hydrogen-bond donors (Lipinski definition) is 1. The lowest BCUT2D eigenvalue weighted by Gasteiger charge is -2.20. The maximum absolute atomic E-state index is 15.6. The standard InChI is InChI=1S/C22H24FN3O2/c1-27-18-7-3-16(4-8-18)22-20(23)21(15-11-13-24-14-12-15)25-26(22)17-5-9-19(28-2)10-6-17/h3-10,15,24H,11-14H2,1-2H3. The Bertz CT molecular complexity index is 930. The number of rotatable bonds is 5. The normalized spacial score (nSPS) is 14.8. The monoisotopic (exact) mass is 381 g/mol. The zero-order valence-corrected chi connectivity index (χ0v) is 16.1. The summed E-state index contributed by atoms with van der Waals surface area (Å²) >= 11 is 0. The van der Waals surface area contributed by atoms with Gasteiger partial charge in [0, 0.05) is 11.5 Å². The number of methoxy groups -OCH3 is 2. The van der Waals surface area contributed by atoms with Crippen molar-refractivity contribution in [2.75, 3.05) is 27.3 Å². The first-order valence-corrected chi connectivity index (χ1v) is 9.49. The van der Waals surface area contributed by atoms with Gasteiger partial charge in [0.05, 0.1) is 19.9 Å². The van der Waals surface area contributed by atoms with E-state index in [1.165, 1.54) is 0 Å². The van der Waals surface area contributed by atoms with Crippen LogP contribution in [-0.4, -0.2) is 37.1 Å². The molecule has 1 N–H and O–H groups in total. The van der Waals surface area contributed by atoms with Crippen molar-refractivity contribution in [3.8, 4) is 28.4 Å². The Hall–Kier alpha value is -2.86. The summed E-state index contributed by atoms with van der Waals surface area (Å²) in [6.07, 6.45) is 1.77. The van der Waals surface area contributed by atoms with Crippen LogP contribution < -0.4 is 14.8 Å². The summed E-state index contributed by atoms with van der Waals surface area (Å²) in [6, 6.07) is 14.9. The summed E-state index contributed by atoms with van der Waals surface area (Å²) < 4.78 is 27.8. The van der Waals surface area contributed by atoms with Crippen LogP contribution in [0.25, 0.3) is 16.9 Å². The molecule has 1 aliphatic heterocycles. The van der Waals surface area contributed by atoms with Gasteiger partial charge in [0.15, 0.2) is 5.82 Å². The first kappa shape index (κ1) is 18.5. The highest BCUT2D eigenvalue weighted by atomic mass is 19.1. The fourth-order valence-corrected chi connectivity index (χ4v) is 3.68. The van der Waals surface area contributed by atoms with Gasteiger partial charge in [0.25, 0.3) is 0 Å². The summed E-state index contributed by atoms with van der Waals surface area (Å²) in [5.74, 6) is 1.37. The van der Waals surface area contributed by atoms with Crippen molar-refractivity contribution in [1.82, 2.24) is 15.1 Å². The van der Waals surface area contributed by atoms with Gasteiger partial charge in [-0.15, -0.1) is 0 Å². The van der Waals surface area contributed by atoms with Crippen LogP contribution in [0.2, 0.25) is 0 Å². The third kappa shape index (κ3) is 3.47. The SMILES string of the molecule is COc1ccc(-c2c(F)c(C3CCNCC3)nn2-c2ccc(OC)cc2)cc1. The van der Waals surface area contributed by atoms with E-state index in [0.29, 0.717) is 11.4 Å². The van der Waals surface area contributed by atoms with E-state index in [2.05, 4.69) is 5.32 Å². The molecular formula is C22H24FN3O2. The fourth-order valence-electron chi connectivity index (χ4n) is 3.68. The molecule has 5 nitrogen and oxygen atoms in total. The highest BCUT2D eigenvalue weighted by Crippen LogP contribution is 2.35. The van der Waals surface area contributed by atoms with Crippen LogP contribution in [0, 0.1) is 5.82 Å². The van der Waals surface area contributed by atoms with E-state index in [1.54, 1.807) is 18.9 Å². The highest BCUT2D eigenvalue weighted by molar-refractivity contribution is 5.65. The molecular weight excluding hydrogens is 357 g/mol. The molecule has 0 spiro atoms. The molecule has 0 saturated carbocycles. The van der Waals surface area contributed by atoms with Crippen molar-refractivity contribution in [3.05, 3.63) is 60.0 Å². The Labute approximate surface area is 164 Å². The van der Waals surface area contributed by atoms with Gasteiger partial charge in [0.1, 0.15) is 22.9 Å². The van der Waals surface area contributed by atoms with Gasteiger partial charge in [-0.25, -0.2) is 9.07 Å². The number of nitrogens with one attached hydrogen (secondary N) is 1. The summed E-state index contributed by atoms with van der Waals surface area (Å²) in [5, 5.41) is 8.05. The van der Waals surface area contributed by atoms with Crippen LogP contribution >= 0.6 is 0 Å². The van der Waals surface area contributed by atoms with Gasteiger partial charge >= 0.3 is 0 Å². The molecule has 0 radical (unpaired) electrons. The van der Waals surface area contributed by atoms with Gasteiger partial charge in [-0.2, -0.15) is 5.10 Å². The summed E-state index contributed by atoms with van der Waals surface area (Å²) in [6.45, 7) is 1.77. The first-order valence-electron chi connectivity index (χ1n) is 9.49. The minimum atomic E-state index is -0.243. The minimum Gasteiger partial charge on any atom is -0.497 e. The molecule has 1 saturated heterocycles. The number of aromatic nitrogens is 2. The lowest BCUT2D eigenvalue weighted by molar-refractivity contribution is 0.414. The molecule has 2 aromatic carbocycles. The van der Waals surface area contributed by atoms with E-state index in [4.69, 9.17) is 14.6 Å². The zero-order valence-electron chi connectivity index (χ0n) is 16.1. The molecule has 0 atom stereocenters. The number of benzene rings is 2. The van der Waals surface area contributed by atoms with Gasteiger partial charge in [-0.05, 0) is 74.5 Å². The molecule has 6 heteroatoms.